The van der Waals surface area contributed by atoms with Gasteiger partial charge in [-0.2, -0.15) is 0 Å². The van der Waals surface area contributed by atoms with E-state index >= 15 is 0 Å². The molecule has 0 aliphatic carbocycles. The minimum Gasteiger partial charge on any atom is -1.00 e. The Morgan fingerprint density at radius 3 is 1.16 bits per heavy atom. The first-order valence-corrected chi connectivity index (χ1v) is 15.8. The Morgan fingerprint density at radius 2 is 0.842 bits per heavy atom. The lowest BCUT2D eigenvalue weighted by molar-refractivity contribution is -0.00000955. The van der Waals surface area contributed by atoms with Crippen LogP contribution in [0.5, 0.6) is 0 Å². The Hall–Kier alpha value is -3.41. The minimum atomic E-state index is -3.39. The van der Waals surface area contributed by atoms with Gasteiger partial charge >= 0.3 is 7.37 Å². The van der Waals surface area contributed by atoms with Gasteiger partial charge in [-0.25, -0.2) is 0 Å². The van der Waals surface area contributed by atoms with Crippen LogP contribution in [0.1, 0.15) is 6.92 Å². The van der Waals surface area contributed by atoms with Crippen LogP contribution in [0.3, 0.4) is 0 Å². The zero-order chi connectivity index (χ0) is 25.6. The molecule has 0 amide bonds. The quantitative estimate of drug-likeness (QED) is 0.216. The lowest BCUT2D eigenvalue weighted by atomic mass is 10.4. The van der Waals surface area contributed by atoms with Crippen molar-refractivity contribution >= 4 is 41.2 Å². The van der Waals surface area contributed by atoms with Crippen molar-refractivity contribution in [3.05, 3.63) is 163 Å². The van der Waals surface area contributed by atoms with Gasteiger partial charge in [-0.05, 0) is 67.6 Å². The minimum absolute atomic E-state index is 0. The van der Waals surface area contributed by atoms with Crippen LogP contribution in [0.2, 0.25) is 0 Å². The first kappa shape index (κ1) is 27.6. The molecule has 38 heavy (non-hydrogen) atoms. The van der Waals surface area contributed by atoms with Crippen LogP contribution < -0.4 is 38.9 Å². The Morgan fingerprint density at radius 1 is 0.553 bits per heavy atom. The van der Waals surface area contributed by atoms with Crippen LogP contribution in [-0.4, -0.2) is 0 Å². The number of rotatable bonds is 8. The van der Waals surface area contributed by atoms with E-state index in [1.165, 1.54) is 15.9 Å². The first-order chi connectivity index (χ1) is 18.1. The Balaban J connectivity index is 0.00000336. The molecule has 0 aliphatic rings. The molecule has 0 aliphatic heterocycles. The fraction of sp³-hybridized carbons (Fsp3) is 0.0303. The molecule has 2 nitrogen and oxygen atoms in total. The summed E-state index contributed by atoms with van der Waals surface area (Å²) in [4.78, 5) is 0. The van der Waals surface area contributed by atoms with E-state index in [4.69, 9.17) is 4.52 Å². The fourth-order valence-electron chi connectivity index (χ4n) is 4.66. The van der Waals surface area contributed by atoms with Crippen molar-refractivity contribution in [1.82, 2.24) is 0 Å². The van der Waals surface area contributed by atoms with Crippen LogP contribution in [-0.2, 0) is 9.09 Å². The molecule has 190 valence electrons. The average molecular weight is 555 g/mol. The van der Waals surface area contributed by atoms with Crippen LogP contribution in [0.15, 0.2) is 163 Å². The molecule has 5 aromatic rings. The van der Waals surface area contributed by atoms with Gasteiger partial charge in [0.05, 0.1) is 10.6 Å². The first-order valence-electron chi connectivity index (χ1n) is 12.3. The molecule has 0 N–H and O–H groups in total. The van der Waals surface area contributed by atoms with E-state index in [9.17, 15) is 4.57 Å². The fourth-order valence-corrected chi connectivity index (χ4v) is 10.7. The van der Waals surface area contributed by atoms with Gasteiger partial charge in [0.15, 0.2) is 0 Å². The van der Waals surface area contributed by atoms with Gasteiger partial charge in [0, 0.05) is 0 Å². The molecular weight excluding hydrogens is 526 g/mol. The largest absolute Gasteiger partial charge is 1.00 e. The maximum absolute atomic E-state index is 14.7. The highest BCUT2D eigenvalue weighted by molar-refractivity contribution is 7.98. The van der Waals surface area contributed by atoms with Crippen LogP contribution in [0.25, 0.3) is 0 Å². The van der Waals surface area contributed by atoms with Crippen LogP contribution >= 0.6 is 14.6 Å². The lowest BCUT2D eigenvalue weighted by Crippen LogP contribution is -3.00. The second kappa shape index (κ2) is 12.4. The summed E-state index contributed by atoms with van der Waals surface area (Å²) < 4.78 is 21.2. The van der Waals surface area contributed by atoms with Gasteiger partial charge in [0.2, 0.25) is 0 Å². The molecule has 0 bridgehead atoms. The van der Waals surface area contributed by atoms with Crippen molar-refractivity contribution in [3.63, 3.8) is 0 Å². The van der Waals surface area contributed by atoms with Gasteiger partial charge in [-0.1, -0.05) is 91.0 Å². The lowest BCUT2D eigenvalue weighted by Gasteiger charge is -2.26. The van der Waals surface area contributed by atoms with E-state index in [2.05, 4.69) is 78.6 Å². The Bertz CT molecular complexity index is 1370. The third-order valence-corrected chi connectivity index (χ3v) is 12.9. The summed E-state index contributed by atoms with van der Waals surface area (Å²) in [7, 11) is -5.68. The van der Waals surface area contributed by atoms with Gasteiger partial charge in [0.25, 0.3) is 0 Å². The molecule has 0 atom stereocenters. The molecule has 0 fully saturated rings. The molecule has 5 aromatic carbocycles. The summed E-state index contributed by atoms with van der Waals surface area (Å²) in [5, 5.41) is 4.99. The molecule has 0 radical (unpaired) electrons. The normalized spacial score (nSPS) is 11.9. The number of benzene rings is 5. The summed E-state index contributed by atoms with van der Waals surface area (Å²) in [6, 6.07) is 50.7. The topological polar surface area (TPSA) is 26.3 Å². The zero-order valence-electron chi connectivity index (χ0n) is 21.1. The Labute approximate surface area is 232 Å². The van der Waals surface area contributed by atoms with Crippen LogP contribution in [0.4, 0.5) is 0 Å². The van der Waals surface area contributed by atoms with Gasteiger partial charge in [-0.3, -0.25) is 4.57 Å². The standard InChI is InChI=1S/C33H29O2P2.ClH/c1-28(35-37(34,32-23-13-5-14-24-32)33-25-15-6-16-26-33)27-36(29-17-7-2-8-18-29,30-19-9-3-10-20-30)31-21-11-4-12-22-31;/h2-27H,1H3;1H/q+1;/p-1/b28-27+;. The van der Waals surface area contributed by atoms with Gasteiger partial charge in [0.1, 0.15) is 34.8 Å². The van der Waals surface area contributed by atoms with Crippen molar-refractivity contribution in [3.8, 4) is 0 Å². The zero-order valence-corrected chi connectivity index (χ0v) is 23.6. The molecule has 5 rings (SSSR count). The third kappa shape index (κ3) is 5.54. The van der Waals surface area contributed by atoms with Crippen molar-refractivity contribution in [2.24, 2.45) is 0 Å². The summed E-state index contributed by atoms with van der Waals surface area (Å²) in [5.74, 6) is 2.87. The predicted molar refractivity (Wildman–Crippen MR) is 160 cm³/mol. The molecule has 0 saturated heterocycles. The van der Waals surface area contributed by atoms with E-state index in [0.29, 0.717) is 16.4 Å². The molecular formula is C33H29ClO2P2. The third-order valence-electron chi connectivity index (χ3n) is 6.33. The van der Waals surface area contributed by atoms with E-state index in [0.717, 1.165) is 0 Å². The number of allylic oxidation sites excluding steroid dienone is 1. The van der Waals surface area contributed by atoms with Crippen molar-refractivity contribution in [2.75, 3.05) is 0 Å². The molecule has 0 unspecified atom stereocenters. The maximum Gasteiger partial charge on any atom is 0.306 e. The highest BCUT2D eigenvalue weighted by atomic mass is 35.5. The summed E-state index contributed by atoms with van der Waals surface area (Å²) >= 11 is 0. The highest BCUT2D eigenvalue weighted by Gasteiger charge is 2.45. The summed E-state index contributed by atoms with van der Waals surface area (Å²) in [5.41, 5.74) is 0. The number of halogens is 1. The molecule has 0 heterocycles. The predicted octanol–water partition coefficient (Wildman–Crippen LogP) is 3.79. The monoisotopic (exact) mass is 554 g/mol. The van der Waals surface area contributed by atoms with Crippen molar-refractivity contribution in [2.45, 2.75) is 6.92 Å². The van der Waals surface area contributed by atoms with E-state index in [1.54, 1.807) is 0 Å². The van der Waals surface area contributed by atoms with E-state index in [1.807, 2.05) is 85.8 Å². The van der Waals surface area contributed by atoms with Gasteiger partial charge < -0.3 is 16.9 Å². The highest BCUT2D eigenvalue weighted by Crippen LogP contribution is 2.59. The summed E-state index contributed by atoms with van der Waals surface area (Å²) in [6.45, 7) is 1.93. The smallest absolute Gasteiger partial charge is 0.306 e. The molecule has 0 saturated carbocycles. The molecule has 0 spiro atoms. The van der Waals surface area contributed by atoms with Crippen molar-refractivity contribution in [1.29, 1.82) is 0 Å². The summed E-state index contributed by atoms with van der Waals surface area (Å²) in [6.07, 6.45) is 0. The van der Waals surface area contributed by atoms with Gasteiger partial charge in [-0.15, -0.1) is 0 Å². The number of hydrogen-bond acceptors (Lipinski definition) is 2. The second-order valence-electron chi connectivity index (χ2n) is 8.78. The van der Waals surface area contributed by atoms with E-state index < -0.39 is 14.6 Å². The van der Waals surface area contributed by atoms with E-state index in [-0.39, 0.29) is 12.4 Å². The maximum atomic E-state index is 14.7. The molecule has 0 aromatic heterocycles. The SMILES string of the molecule is C/C(=C\[P+](c1ccccc1)(c1ccccc1)c1ccccc1)OP(=O)(c1ccccc1)c1ccccc1.[Cl-]. The number of hydrogen-bond donors (Lipinski definition) is 0. The van der Waals surface area contributed by atoms with Crippen LogP contribution in [0, 0.1) is 0 Å². The average Bonchev–Trinajstić information content (AvgIpc) is 2.98. The Kier molecular flexibility index (Phi) is 9.03. The second-order valence-corrected chi connectivity index (χ2v) is 14.4. The van der Waals surface area contributed by atoms with Crippen molar-refractivity contribution < 1.29 is 21.5 Å². The molecule has 5 heteroatoms.